The fourth-order valence-electron chi connectivity index (χ4n) is 3.46. The number of carboxylic acid groups (broad SMARTS) is 1. The molecule has 0 radical (unpaired) electrons. The molecular weight excluding hydrogens is 358 g/mol. The number of carbonyl (C=O) groups is 2. The first-order valence-electron chi connectivity index (χ1n) is 9.80. The van der Waals surface area contributed by atoms with E-state index in [9.17, 15) is 14.7 Å². The van der Waals surface area contributed by atoms with Crippen LogP contribution >= 0.6 is 0 Å². The summed E-state index contributed by atoms with van der Waals surface area (Å²) >= 11 is 0. The molecule has 1 aromatic carbocycles. The molecule has 1 N–H and O–H groups in total. The zero-order chi connectivity index (χ0) is 20.1. The Morgan fingerprint density at radius 1 is 1.25 bits per heavy atom. The number of carbonyl (C=O) groups excluding carboxylic acids is 1. The molecule has 6 nitrogen and oxygen atoms in total. The van der Waals surface area contributed by atoms with Gasteiger partial charge in [0.1, 0.15) is 11.3 Å². The summed E-state index contributed by atoms with van der Waals surface area (Å²) in [6.45, 7) is 5.57. The van der Waals surface area contributed by atoms with Gasteiger partial charge in [0, 0.05) is 32.2 Å². The van der Waals surface area contributed by atoms with Gasteiger partial charge in [0.2, 0.25) is 0 Å². The van der Waals surface area contributed by atoms with Crippen molar-refractivity contribution in [2.24, 2.45) is 0 Å². The molecule has 0 saturated carbocycles. The summed E-state index contributed by atoms with van der Waals surface area (Å²) < 4.78 is 11.3. The molecule has 0 spiro atoms. The smallest absolute Gasteiger partial charge is 0.339 e. The molecule has 28 heavy (non-hydrogen) atoms. The summed E-state index contributed by atoms with van der Waals surface area (Å²) in [7, 11) is 0. The maximum Gasteiger partial charge on any atom is 0.339 e. The number of ether oxygens (including phenoxy) is 1. The van der Waals surface area contributed by atoms with E-state index in [0.717, 1.165) is 18.4 Å². The molecule has 2 aromatic rings. The average molecular weight is 385 g/mol. The van der Waals surface area contributed by atoms with Crippen LogP contribution in [0.1, 0.15) is 57.6 Å². The van der Waals surface area contributed by atoms with Crippen LogP contribution in [0.4, 0.5) is 0 Å². The molecule has 150 valence electrons. The third-order valence-electron chi connectivity index (χ3n) is 5.10. The summed E-state index contributed by atoms with van der Waals surface area (Å²) in [5, 5.41) is 9.33. The maximum absolute atomic E-state index is 13.1. The first-order valence-corrected chi connectivity index (χ1v) is 9.80. The van der Waals surface area contributed by atoms with Gasteiger partial charge in [-0.15, -0.1) is 0 Å². The van der Waals surface area contributed by atoms with E-state index in [1.165, 1.54) is 11.6 Å². The van der Waals surface area contributed by atoms with Gasteiger partial charge in [-0.25, -0.2) is 4.79 Å². The largest absolute Gasteiger partial charge is 0.478 e. The summed E-state index contributed by atoms with van der Waals surface area (Å²) in [4.78, 5) is 26.2. The van der Waals surface area contributed by atoms with Crippen molar-refractivity contribution in [3.05, 3.63) is 58.5 Å². The summed E-state index contributed by atoms with van der Waals surface area (Å²) in [5.41, 5.74) is 2.40. The minimum atomic E-state index is -1.08. The predicted octanol–water partition coefficient (Wildman–Crippen LogP) is 3.71. The third kappa shape index (κ3) is 4.81. The number of hydrogen-bond acceptors (Lipinski definition) is 4. The Balaban J connectivity index is 1.77. The lowest BCUT2D eigenvalue weighted by Crippen LogP contribution is -2.38. The van der Waals surface area contributed by atoms with Crippen molar-refractivity contribution < 1.29 is 23.8 Å². The Morgan fingerprint density at radius 2 is 2.00 bits per heavy atom. The van der Waals surface area contributed by atoms with Crippen LogP contribution in [-0.2, 0) is 17.6 Å². The second-order valence-corrected chi connectivity index (χ2v) is 7.23. The number of nitrogens with zero attached hydrogens (tertiary/aromatic N) is 1. The maximum atomic E-state index is 13.1. The van der Waals surface area contributed by atoms with E-state index in [1.54, 1.807) is 11.8 Å². The van der Waals surface area contributed by atoms with Crippen LogP contribution in [0.3, 0.4) is 0 Å². The lowest BCUT2D eigenvalue weighted by molar-refractivity contribution is 0.0504. The molecule has 1 aliphatic heterocycles. The van der Waals surface area contributed by atoms with Crippen molar-refractivity contribution in [2.45, 2.75) is 45.6 Å². The van der Waals surface area contributed by atoms with E-state index in [-0.39, 0.29) is 23.3 Å². The highest BCUT2D eigenvalue weighted by Crippen LogP contribution is 2.20. The minimum absolute atomic E-state index is 0.0153. The number of furan rings is 1. The molecule has 0 aliphatic carbocycles. The number of hydrogen-bond donors (Lipinski definition) is 1. The van der Waals surface area contributed by atoms with Crippen LogP contribution in [0, 0.1) is 6.92 Å². The number of rotatable bonds is 8. The first kappa shape index (κ1) is 20.1. The topological polar surface area (TPSA) is 80.0 Å². The quantitative estimate of drug-likeness (QED) is 0.749. The minimum Gasteiger partial charge on any atom is -0.478 e. The van der Waals surface area contributed by atoms with Gasteiger partial charge in [-0.3, -0.25) is 4.79 Å². The Hall–Kier alpha value is -2.60. The second-order valence-electron chi connectivity index (χ2n) is 7.23. The van der Waals surface area contributed by atoms with E-state index < -0.39 is 5.97 Å². The van der Waals surface area contributed by atoms with E-state index in [1.807, 2.05) is 6.92 Å². The van der Waals surface area contributed by atoms with Gasteiger partial charge in [0.15, 0.2) is 5.76 Å². The molecule has 6 heteroatoms. The van der Waals surface area contributed by atoms with Crippen molar-refractivity contribution in [2.75, 3.05) is 19.7 Å². The standard InChI is InChI=1S/C22H27NO5/c1-3-19-18(22(25)26)13-20(28-19)21(24)23(14-17-5-4-12-27-17)11-10-16-8-6-15(2)7-9-16/h6-9,13,17H,3-5,10-12,14H2,1-2H3,(H,25,26). The van der Waals surface area contributed by atoms with E-state index in [2.05, 4.69) is 24.3 Å². The highest BCUT2D eigenvalue weighted by molar-refractivity contribution is 5.96. The molecule has 1 amide bonds. The molecule has 1 fully saturated rings. The molecule has 3 rings (SSSR count). The Bertz CT molecular complexity index is 818. The highest BCUT2D eigenvalue weighted by atomic mass is 16.5. The number of benzene rings is 1. The fourth-order valence-corrected chi connectivity index (χ4v) is 3.46. The van der Waals surface area contributed by atoms with Crippen LogP contribution in [0.2, 0.25) is 0 Å². The zero-order valence-corrected chi connectivity index (χ0v) is 16.4. The number of aryl methyl sites for hydroxylation is 2. The lowest BCUT2D eigenvalue weighted by Gasteiger charge is -2.24. The second kappa shape index (κ2) is 9.06. The first-order chi connectivity index (χ1) is 13.5. The molecule has 1 aliphatic rings. The van der Waals surface area contributed by atoms with Crippen LogP contribution < -0.4 is 0 Å². The molecule has 2 heterocycles. The van der Waals surface area contributed by atoms with Gasteiger partial charge < -0.3 is 19.2 Å². The molecule has 1 aromatic heterocycles. The Morgan fingerprint density at radius 3 is 2.57 bits per heavy atom. The van der Waals surface area contributed by atoms with E-state index in [0.29, 0.717) is 38.3 Å². The van der Waals surface area contributed by atoms with Gasteiger partial charge in [-0.2, -0.15) is 0 Å². The van der Waals surface area contributed by atoms with Gasteiger partial charge in [0.25, 0.3) is 5.91 Å². The van der Waals surface area contributed by atoms with Crippen molar-refractivity contribution in [3.8, 4) is 0 Å². The number of aromatic carboxylic acids is 1. The highest BCUT2D eigenvalue weighted by Gasteiger charge is 2.27. The van der Waals surface area contributed by atoms with Crippen LogP contribution in [-0.4, -0.2) is 47.7 Å². The van der Waals surface area contributed by atoms with Crippen molar-refractivity contribution in [3.63, 3.8) is 0 Å². The fraction of sp³-hybridized carbons (Fsp3) is 0.455. The number of carboxylic acids is 1. The summed E-state index contributed by atoms with van der Waals surface area (Å²) in [6, 6.07) is 9.59. The molecule has 0 bridgehead atoms. The van der Waals surface area contributed by atoms with Gasteiger partial charge >= 0.3 is 5.97 Å². The van der Waals surface area contributed by atoms with Crippen molar-refractivity contribution in [1.29, 1.82) is 0 Å². The molecular formula is C22H27NO5. The molecule has 1 unspecified atom stereocenters. The summed E-state index contributed by atoms with van der Waals surface area (Å²) in [5.74, 6) is -0.961. The lowest BCUT2D eigenvalue weighted by atomic mass is 10.1. The van der Waals surface area contributed by atoms with E-state index >= 15 is 0 Å². The van der Waals surface area contributed by atoms with Crippen molar-refractivity contribution >= 4 is 11.9 Å². The number of amides is 1. The van der Waals surface area contributed by atoms with Gasteiger partial charge in [-0.1, -0.05) is 36.8 Å². The zero-order valence-electron chi connectivity index (χ0n) is 16.4. The Kier molecular flexibility index (Phi) is 6.52. The average Bonchev–Trinajstić information content (AvgIpc) is 3.35. The van der Waals surface area contributed by atoms with Crippen molar-refractivity contribution in [1.82, 2.24) is 4.90 Å². The van der Waals surface area contributed by atoms with Gasteiger partial charge in [0.05, 0.1) is 6.10 Å². The van der Waals surface area contributed by atoms with Gasteiger partial charge in [-0.05, 0) is 31.7 Å². The molecule has 1 saturated heterocycles. The monoisotopic (exact) mass is 385 g/mol. The van der Waals surface area contributed by atoms with Crippen LogP contribution in [0.5, 0.6) is 0 Å². The van der Waals surface area contributed by atoms with E-state index in [4.69, 9.17) is 9.15 Å². The Labute approximate surface area is 165 Å². The third-order valence-corrected chi connectivity index (χ3v) is 5.10. The molecule has 1 atom stereocenters. The van der Waals surface area contributed by atoms with Crippen LogP contribution in [0.15, 0.2) is 34.7 Å². The normalized spacial score (nSPS) is 16.3. The van der Waals surface area contributed by atoms with Crippen LogP contribution in [0.25, 0.3) is 0 Å². The SMILES string of the molecule is CCc1oc(C(=O)N(CCc2ccc(C)cc2)CC2CCCO2)cc1C(=O)O. The summed E-state index contributed by atoms with van der Waals surface area (Å²) in [6.07, 6.45) is 3.07. The predicted molar refractivity (Wildman–Crippen MR) is 105 cm³/mol.